The van der Waals surface area contributed by atoms with Crippen LogP contribution in [0, 0.1) is 0 Å². The Kier molecular flexibility index (Phi) is 2.96. The van der Waals surface area contributed by atoms with Gasteiger partial charge in [0.05, 0.1) is 0 Å². The average molecular weight is 189 g/mol. The van der Waals surface area contributed by atoms with E-state index in [1.807, 2.05) is 0 Å². The summed E-state index contributed by atoms with van der Waals surface area (Å²) in [6.45, 7) is 7.18. The maximum atomic E-state index is 5.42. The molecule has 5 heteroatoms. The van der Waals surface area contributed by atoms with Crippen molar-refractivity contribution in [2.45, 2.75) is 0 Å². The maximum absolute atomic E-state index is 5.42. The number of nitrogens with zero attached hydrogens (tertiary/aromatic N) is 3. The van der Waals surface area contributed by atoms with E-state index in [4.69, 9.17) is 11.5 Å². The first-order chi connectivity index (χ1) is 6.67. The molecule has 0 amide bonds. The lowest BCUT2D eigenvalue weighted by atomic mass is 10.2. The highest BCUT2D eigenvalue weighted by atomic mass is 15.1. The first-order valence-corrected chi connectivity index (χ1v) is 3.90. The van der Waals surface area contributed by atoms with Crippen LogP contribution in [0.4, 0.5) is 11.9 Å². The fraction of sp³-hybridized carbons (Fsp3) is 0. The molecule has 14 heavy (non-hydrogen) atoms. The van der Waals surface area contributed by atoms with Crippen LogP contribution in [0.2, 0.25) is 0 Å². The number of nitrogens with two attached hydrogens (primary N) is 2. The van der Waals surface area contributed by atoms with Crippen LogP contribution in [-0.2, 0) is 0 Å². The Bertz CT molecular complexity index is 374. The standard InChI is InChI=1S/C9H11N5/c1-3-5-6(4-2)7-12-8(10)14-9(11)13-7/h3-5H,1-2H2,(H4,10,11,12,13,14)/b6-5+. The van der Waals surface area contributed by atoms with Gasteiger partial charge in [-0.1, -0.05) is 31.4 Å². The fourth-order valence-electron chi connectivity index (χ4n) is 0.899. The highest BCUT2D eigenvalue weighted by molar-refractivity contribution is 5.70. The van der Waals surface area contributed by atoms with Crippen molar-refractivity contribution in [3.8, 4) is 0 Å². The Morgan fingerprint density at radius 2 is 1.64 bits per heavy atom. The van der Waals surface area contributed by atoms with Crippen LogP contribution in [-0.4, -0.2) is 15.0 Å². The van der Waals surface area contributed by atoms with Crippen molar-refractivity contribution in [2.24, 2.45) is 0 Å². The van der Waals surface area contributed by atoms with Gasteiger partial charge in [0.15, 0.2) is 5.82 Å². The Morgan fingerprint density at radius 1 is 1.07 bits per heavy atom. The van der Waals surface area contributed by atoms with Crippen molar-refractivity contribution >= 4 is 17.5 Å². The highest BCUT2D eigenvalue weighted by Gasteiger charge is 2.03. The third-order valence-electron chi connectivity index (χ3n) is 1.45. The van der Waals surface area contributed by atoms with Gasteiger partial charge in [-0.05, 0) is 0 Å². The summed E-state index contributed by atoms with van der Waals surface area (Å²) < 4.78 is 0. The van der Waals surface area contributed by atoms with E-state index in [0.717, 1.165) is 0 Å². The van der Waals surface area contributed by atoms with Crippen LogP contribution in [0.15, 0.2) is 31.4 Å². The smallest absolute Gasteiger partial charge is 0.225 e. The third-order valence-corrected chi connectivity index (χ3v) is 1.45. The molecule has 5 nitrogen and oxygen atoms in total. The molecular formula is C9H11N5. The molecule has 1 aromatic heterocycles. The van der Waals surface area contributed by atoms with Crippen molar-refractivity contribution < 1.29 is 0 Å². The topological polar surface area (TPSA) is 90.7 Å². The van der Waals surface area contributed by atoms with Gasteiger partial charge in [-0.15, -0.1) is 0 Å². The molecule has 0 aliphatic heterocycles. The number of nitrogen functional groups attached to an aromatic ring is 2. The first-order valence-electron chi connectivity index (χ1n) is 3.90. The quantitative estimate of drug-likeness (QED) is 0.686. The second-order valence-corrected chi connectivity index (χ2v) is 2.44. The summed E-state index contributed by atoms with van der Waals surface area (Å²) in [5.41, 5.74) is 11.5. The Hall–Kier alpha value is -2.17. The van der Waals surface area contributed by atoms with Gasteiger partial charge in [0, 0.05) is 5.57 Å². The van der Waals surface area contributed by atoms with E-state index >= 15 is 0 Å². The molecule has 0 saturated carbocycles. The summed E-state index contributed by atoms with van der Waals surface area (Å²) in [7, 11) is 0. The number of hydrogen-bond acceptors (Lipinski definition) is 5. The Balaban J connectivity index is 3.23. The van der Waals surface area contributed by atoms with Gasteiger partial charge in [-0.25, -0.2) is 0 Å². The Morgan fingerprint density at radius 3 is 2.07 bits per heavy atom. The SMILES string of the molecule is C=C/C=C(\C=C)c1nc(N)nc(N)n1. The lowest BCUT2D eigenvalue weighted by molar-refractivity contribution is 1.05. The lowest BCUT2D eigenvalue weighted by Gasteiger charge is -2.01. The molecule has 0 aromatic carbocycles. The number of aromatic nitrogens is 3. The summed E-state index contributed by atoms with van der Waals surface area (Å²) >= 11 is 0. The molecule has 72 valence electrons. The average Bonchev–Trinajstić information content (AvgIpc) is 2.12. The van der Waals surface area contributed by atoms with E-state index in [2.05, 4.69) is 28.1 Å². The van der Waals surface area contributed by atoms with Crippen LogP contribution >= 0.6 is 0 Å². The molecule has 1 aromatic rings. The summed E-state index contributed by atoms with van der Waals surface area (Å²) in [5, 5.41) is 0. The minimum absolute atomic E-state index is 0.0873. The van der Waals surface area contributed by atoms with Crippen LogP contribution < -0.4 is 11.5 Å². The largest absolute Gasteiger partial charge is 0.368 e. The summed E-state index contributed by atoms with van der Waals surface area (Å²) in [6, 6.07) is 0. The zero-order valence-corrected chi connectivity index (χ0v) is 7.64. The second kappa shape index (κ2) is 4.18. The van der Waals surface area contributed by atoms with Crippen LogP contribution in [0.3, 0.4) is 0 Å². The molecule has 4 N–H and O–H groups in total. The fourth-order valence-corrected chi connectivity index (χ4v) is 0.899. The van der Waals surface area contributed by atoms with Crippen molar-refractivity contribution in [2.75, 3.05) is 11.5 Å². The molecule has 1 rings (SSSR count). The molecule has 0 radical (unpaired) electrons. The van der Waals surface area contributed by atoms with Gasteiger partial charge in [0.2, 0.25) is 11.9 Å². The second-order valence-electron chi connectivity index (χ2n) is 2.44. The predicted molar refractivity (Wildman–Crippen MR) is 57.0 cm³/mol. The third kappa shape index (κ3) is 2.16. The van der Waals surface area contributed by atoms with Crippen molar-refractivity contribution in [3.63, 3.8) is 0 Å². The maximum Gasteiger partial charge on any atom is 0.225 e. The van der Waals surface area contributed by atoms with Crippen LogP contribution in [0.1, 0.15) is 5.82 Å². The predicted octanol–water partition coefficient (Wildman–Crippen LogP) is 0.791. The van der Waals surface area contributed by atoms with E-state index in [-0.39, 0.29) is 11.9 Å². The van der Waals surface area contributed by atoms with Crippen LogP contribution in [0.5, 0.6) is 0 Å². The van der Waals surface area contributed by atoms with Gasteiger partial charge in [0.25, 0.3) is 0 Å². The zero-order chi connectivity index (χ0) is 10.6. The van der Waals surface area contributed by atoms with E-state index in [9.17, 15) is 0 Å². The number of allylic oxidation sites excluding steroid dienone is 4. The number of hydrogen-bond donors (Lipinski definition) is 2. The van der Waals surface area contributed by atoms with Gasteiger partial charge in [0.1, 0.15) is 0 Å². The van der Waals surface area contributed by atoms with Gasteiger partial charge < -0.3 is 11.5 Å². The summed E-state index contributed by atoms with van der Waals surface area (Å²) in [5.74, 6) is 0.568. The van der Waals surface area contributed by atoms with Crippen molar-refractivity contribution in [3.05, 3.63) is 37.2 Å². The van der Waals surface area contributed by atoms with E-state index in [1.165, 1.54) is 0 Å². The number of anilines is 2. The molecule has 0 atom stereocenters. The minimum Gasteiger partial charge on any atom is -0.368 e. The molecule has 0 unspecified atom stereocenters. The number of rotatable bonds is 3. The van der Waals surface area contributed by atoms with Crippen molar-refractivity contribution in [1.82, 2.24) is 15.0 Å². The normalized spacial score (nSPS) is 11.0. The molecule has 0 fully saturated rings. The van der Waals surface area contributed by atoms with Crippen LogP contribution in [0.25, 0.3) is 5.57 Å². The molecule has 0 aliphatic carbocycles. The highest BCUT2D eigenvalue weighted by Crippen LogP contribution is 2.12. The minimum atomic E-state index is 0.0873. The summed E-state index contributed by atoms with van der Waals surface area (Å²) in [4.78, 5) is 11.5. The van der Waals surface area contributed by atoms with Crippen molar-refractivity contribution in [1.29, 1.82) is 0 Å². The molecule has 0 aliphatic rings. The zero-order valence-electron chi connectivity index (χ0n) is 7.64. The monoisotopic (exact) mass is 189 g/mol. The molecule has 0 saturated heterocycles. The van der Waals surface area contributed by atoms with Gasteiger partial charge in [-0.2, -0.15) is 15.0 Å². The molecule has 1 heterocycles. The van der Waals surface area contributed by atoms with E-state index < -0.39 is 0 Å². The van der Waals surface area contributed by atoms with E-state index in [1.54, 1.807) is 18.2 Å². The van der Waals surface area contributed by atoms with Gasteiger partial charge >= 0.3 is 0 Å². The van der Waals surface area contributed by atoms with E-state index in [0.29, 0.717) is 11.4 Å². The molecule has 0 bridgehead atoms. The lowest BCUT2D eigenvalue weighted by Crippen LogP contribution is -2.05. The van der Waals surface area contributed by atoms with Gasteiger partial charge in [-0.3, -0.25) is 0 Å². The Labute approximate surface area is 81.9 Å². The molecular weight excluding hydrogens is 178 g/mol. The summed E-state index contributed by atoms with van der Waals surface area (Å²) in [6.07, 6.45) is 4.91. The molecule has 0 spiro atoms. The first kappa shape index (κ1) is 9.91.